The molecule has 0 radical (unpaired) electrons. The summed E-state index contributed by atoms with van der Waals surface area (Å²) < 4.78 is 5.33. The highest BCUT2D eigenvalue weighted by atomic mass is 16.5. The number of ether oxygens (including phenoxy) is 1. The molecule has 0 bridgehead atoms. The number of amides is 1. The van der Waals surface area contributed by atoms with Gasteiger partial charge in [0.05, 0.1) is 11.4 Å². The zero-order valence-corrected chi connectivity index (χ0v) is 16.9. The summed E-state index contributed by atoms with van der Waals surface area (Å²) in [6.07, 6.45) is -0.982. The number of aryl methyl sites for hydroxylation is 1. The van der Waals surface area contributed by atoms with Gasteiger partial charge in [0, 0.05) is 5.69 Å². The summed E-state index contributed by atoms with van der Waals surface area (Å²) in [7, 11) is 0. The highest BCUT2D eigenvalue weighted by molar-refractivity contribution is 5.97. The molecule has 1 N–H and O–H groups in total. The fourth-order valence-corrected chi connectivity index (χ4v) is 2.86. The van der Waals surface area contributed by atoms with Gasteiger partial charge < -0.3 is 10.1 Å². The first-order valence-electron chi connectivity index (χ1n) is 9.47. The molecule has 1 heterocycles. The average Bonchev–Trinajstić information content (AvgIpc) is 3.10. The van der Waals surface area contributed by atoms with Crippen molar-refractivity contribution in [2.75, 3.05) is 5.32 Å². The van der Waals surface area contributed by atoms with Gasteiger partial charge in [-0.15, -0.1) is 5.10 Å². The first-order valence-corrected chi connectivity index (χ1v) is 9.47. The molecule has 0 unspecified atom stereocenters. The Morgan fingerprint density at radius 1 is 0.966 bits per heavy atom. The molecule has 0 saturated carbocycles. The van der Waals surface area contributed by atoms with Gasteiger partial charge in [-0.2, -0.15) is 9.90 Å². The third kappa shape index (κ3) is 4.68. The number of hydrogen-bond acceptors (Lipinski definition) is 5. The number of nitrogens with zero attached hydrogens (tertiary/aromatic N) is 3. The monoisotopic (exact) mass is 392 g/mol. The van der Waals surface area contributed by atoms with Crippen LogP contribution in [0, 0.1) is 6.92 Å². The summed E-state index contributed by atoms with van der Waals surface area (Å²) in [5, 5.41) is 11.3. The molecule has 150 valence electrons. The number of carbonyl (C=O) groups excluding carboxylic acids is 2. The van der Waals surface area contributed by atoms with E-state index < -0.39 is 18.0 Å². The molecule has 1 atom stereocenters. The van der Waals surface area contributed by atoms with Crippen molar-refractivity contribution in [2.24, 2.45) is 0 Å². The summed E-state index contributed by atoms with van der Waals surface area (Å²) in [5.41, 5.74) is 2.96. The third-order valence-corrected chi connectivity index (χ3v) is 4.46. The molecule has 29 heavy (non-hydrogen) atoms. The Labute approximate surface area is 169 Å². The SMILES string of the molecule is Cc1nn(-c2ccccc2)nc1C(=O)O[C@H](C)C(=O)Nc1ccccc1C(C)C. The van der Waals surface area contributed by atoms with Crippen molar-refractivity contribution >= 4 is 17.6 Å². The fraction of sp³-hybridized carbons (Fsp3) is 0.273. The molecule has 3 rings (SSSR count). The number of benzene rings is 2. The predicted molar refractivity (Wildman–Crippen MR) is 110 cm³/mol. The molecule has 0 aliphatic carbocycles. The first kappa shape index (κ1) is 20.3. The van der Waals surface area contributed by atoms with Crippen molar-refractivity contribution in [3.8, 4) is 5.69 Å². The van der Waals surface area contributed by atoms with Crippen molar-refractivity contribution in [3.63, 3.8) is 0 Å². The number of carbonyl (C=O) groups is 2. The first-order chi connectivity index (χ1) is 13.9. The van der Waals surface area contributed by atoms with Crippen LogP contribution in [0.4, 0.5) is 5.69 Å². The molecule has 0 aliphatic heterocycles. The van der Waals surface area contributed by atoms with Gasteiger partial charge in [-0.25, -0.2) is 4.79 Å². The number of aromatic nitrogens is 3. The summed E-state index contributed by atoms with van der Waals surface area (Å²) in [6, 6.07) is 16.8. The van der Waals surface area contributed by atoms with Crippen LogP contribution in [0.3, 0.4) is 0 Å². The average molecular weight is 392 g/mol. The number of rotatable bonds is 6. The topological polar surface area (TPSA) is 86.1 Å². The molecule has 7 nitrogen and oxygen atoms in total. The molecular weight excluding hydrogens is 368 g/mol. The molecule has 1 aromatic heterocycles. The summed E-state index contributed by atoms with van der Waals surface area (Å²) in [4.78, 5) is 26.4. The Balaban J connectivity index is 1.69. The second kappa shape index (κ2) is 8.68. The van der Waals surface area contributed by atoms with E-state index in [1.807, 2.05) is 68.4 Å². The van der Waals surface area contributed by atoms with Crippen molar-refractivity contribution in [1.82, 2.24) is 15.0 Å². The van der Waals surface area contributed by atoms with Gasteiger partial charge in [0.15, 0.2) is 11.8 Å². The Morgan fingerprint density at radius 3 is 2.31 bits per heavy atom. The van der Waals surface area contributed by atoms with Crippen LogP contribution < -0.4 is 5.32 Å². The van der Waals surface area contributed by atoms with E-state index in [0.29, 0.717) is 11.4 Å². The van der Waals surface area contributed by atoms with Gasteiger partial charge in [0.25, 0.3) is 5.91 Å². The molecule has 1 amide bonds. The Hall–Kier alpha value is -3.48. The van der Waals surface area contributed by atoms with Gasteiger partial charge >= 0.3 is 5.97 Å². The van der Waals surface area contributed by atoms with Crippen molar-refractivity contribution in [3.05, 3.63) is 71.5 Å². The highest BCUT2D eigenvalue weighted by Gasteiger charge is 2.24. The zero-order chi connectivity index (χ0) is 21.0. The van der Waals surface area contributed by atoms with E-state index in [1.54, 1.807) is 6.92 Å². The third-order valence-electron chi connectivity index (χ3n) is 4.46. The van der Waals surface area contributed by atoms with E-state index >= 15 is 0 Å². The van der Waals surface area contributed by atoms with Gasteiger partial charge in [0.1, 0.15) is 0 Å². The van der Waals surface area contributed by atoms with E-state index in [2.05, 4.69) is 15.5 Å². The Bertz CT molecular complexity index is 1010. The van der Waals surface area contributed by atoms with Crippen LogP contribution in [0.2, 0.25) is 0 Å². The van der Waals surface area contributed by atoms with Gasteiger partial charge in [-0.1, -0.05) is 50.2 Å². The molecule has 0 spiro atoms. The van der Waals surface area contributed by atoms with Gasteiger partial charge in [0.2, 0.25) is 0 Å². The van der Waals surface area contributed by atoms with Crippen LogP contribution in [0.25, 0.3) is 5.69 Å². The Morgan fingerprint density at radius 2 is 1.62 bits per heavy atom. The van der Waals surface area contributed by atoms with Crippen LogP contribution in [0.5, 0.6) is 0 Å². The van der Waals surface area contributed by atoms with Crippen LogP contribution in [-0.4, -0.2) is 33.0 Å². The largest absolute Gasteiger partial charge is 0.448 e. The molecule has 0 aliphatic rings. The van der Waals surface area contributed by atoms with Crippen LogP contribution in [0.1, 0.15) is 48.4 Å². The van der Waals surface area contributed by atoms with Crippen molar-refractivity contribution in [2.45, 2.75) is 39.7 Å². The molecular formula is C22H24N4O3. The van der Waals surface area contributed by atoms with E-state index in [0.717, 1.165) is 11.3 Å². The normalized spacial score (nSPS) is 11.9. The van der Waals surface area contributed by atoms with Gasteiger partial charge in [-0.3, -0.25) is 4.79 Å². The van der Waals surface area contributed by atoms with Crippen molar-refractivity contribution < 1.29 is 14.3 Å². The lowest BCUT2D eigenvalue weighted by Gasteiger charge is -2.16. The van der Waals surface area contributed by atoms with Crippen LogP contribution in [-0.2, 0) is 9.53 Å². The second-order valence-electron chi connectivity index (χ2n) is 7.04. The van der Waals surface area contributed by atoms with Crippen LogP contribution >= 0.6 is 0 Å². The minimum Gasteiger partial charge on any atom is -0.448 e. The number of hydrogen-bond donors (Lipinski definition) is 1. The summed E-state index contributed by atoms with van der Waals surface area (Å²) in [6.45, 7) is 7.30. The molecule has 2 aromatic carbocycles. The summed E-state index contributed by atoms with van der Waals surface area (Å²) in [5.74, 6) is -0.843. The lowest BCUT2D eigenvalue weighted by molar-refractivity contribution is -0.123. The minimum absolute atomic E-state index is 0.0797. The lowest BCUT2D eigenvalue weighted by atomic mass is 10.0. The molecule has 7 heteroatoms. The van der Waals surface area contributed by atoms with Gasteiger partial charge in [-0.05, 0) is 43.5 Å². The smallest absolute Gasteiger partial charge is 0.361 e. The molecule has 3 aromatic rings. The molecule has 0 fully saturated rings. The van der Waals surface area contributed by atoms with E-state index in [1.165, 1.54) is 11.7 Å². The predicted octanol–water partition coefficient (Wildman–Crippen LogP) is 3.88. The number of para-hydroxylation sites is 2. The van der Waals surface area contributed by atoms with Crippen molar-refractivity contribution in [1.29, 1.82) is 0 Å². The lowest BCUT2D eigenvalue weighted by Crippen LogP contribution is -2.30. The number of esters is 1. The van der Waals surface area contributed by atoms with E-state index in [4.69, 9.17) is 4.74 Å². The summed E-state index contributed by atoms with van der Waals surface area (Å²) >= 11 is 0. The molecule has 0 saturated heterocycles. The van der Waals surface area contributed by atoms with E-state index in [9.17, 15) is 9.59 Å². The van der Waals surface area contributed by atoms with Crippen LogP contribution in [0.15, 0.2) is 54.6 Å². The number of anilines is 1. The second-order valence-corrected chi connectivity index (χ2v) is 7.04. The Kier molecular flexibility index (Phi) is 6.07. The maximum absolute atomic E-state index is 12.5. The number of nitrogens with one attached hydrogen (secondary N) is 1. The zero-order valence-electron chi connectivity index (χ0n) is 16.9. The highest BCUT2D eigenvalue weighted by Crippen LogP contribution is 2.24. The maximum Gasteiger partial charge on any atom is 0.361 e. The minimum atomic E-state index is -0.982. The standard InChI is InChI=1S/C22H24N4O3/c1-14(2)18-12-8-9-13-19(18)23-21(27)16(4)29-22(28)20-15(3)24-26(25-20)17-10-6-5-7-11-17/h5-14,16H,1-4H3,(H,23,27)/t16-/m1/s1. The quantitative estimate of drug-likeness (QED) is 0.643. The van der Waals surface area contributed by atoms with E-state index in [-0.39, 0.29) is 11.6 Å². The fourth-order valence-electron chi connectivity index (χ4n) is 2.86. The maximum atomic E-state index is 12.5.